The monoisotopic (exact) mass is 729 g/mol. The van der Waals surface area contributed by atoms with Crippen molar-refractivity contribution in [3.8, 4) is 44.5 Å². The zero-order valence-corrected chi connectivity index (χ0v) is 31.0. The standard InChI is InChI=1S/C54H35NO2/c1-3-12-36(13-4-1)38-28-32-42(33-29-38)55(49-21-10-20-47-46-19-9-18-45(53(46)57-54(47)49)40-14-5-2-6-15-40)43-34-30-39(31-35-43)37-24-26-41(27-25-37)44-17-11-23-51-52(44)48-16-7-8-22-50(48)56-51/h1-35H. The van der Waals surface area contributed by atoms with Gasteiger partial charge in [0.2, 0.25) is 0 Å². The fraction of sp³-hybridized carbons (Fsp3) is 0. The molecule has 57 heavy (non-hydrogen) atoms. The molecule has 0 spiro atoms. The Balaban J connectivity index is 1.000. The van der Waals surface area contributed by atoms with Gasteiger partial charge in [-0.25, -0.2) is 0 Å². The van der Waals surface area contributed by atoms with E-state index in [0.717, 1.165) is 88.8 Å². The van der Waals surface area contributed by atoms with Crippen molar-refractivity contribution in [2.24, 2.45) is 0 Å². The molecule has 9 aromatic carbocycles. The average molecular weight is 730 g/mol. The summed E-state index contributed by atoms with van der Waals surface area (Å²) in [5.74, 6) is 0. The number of fused-ring (bicyclic) bond motifs is 6. The predicted octanol–water partition coefficient (Wildman–Crippen LogP) is 15.6. The predicted molar refractivity (Wildman–Crippen MR) is 237 cm³/mol. The maximum atomic E-state index is 6.92. The number of nitrogens with zero attached hydrogens (tertiary/aromatic N) is 1. The molecule has 3 nitrogen and oxygen atoms in total. The van der Waals surface area contributed by atoms with Gasteiger partial charge in [-0.05, 0) is 81.4 Å². The Bertz CT molecular complexity index is 3200. The van der Waals surface area contributed by atoms with Crippen LogP contribution in [0.4, 0.5) is 17.1 Å². The summed E-state index contributed by atoms with van der Waals surface area (Å²) in [6.45, 7) is 0. The van der Waals surface area contributed by atoms with Crippen LogP contribution in [0.5, 0.6) is 0 Å². The van der Waals surface area contributed by atoms with Crippen LogP contribution in [0.2, 0.25) is 0 Å². The van der Waals surface area contributed by atoms with Crippen LogP contribution in [0, 0.1) is 0 Å². The number of para-hydroxylation sites is 3. The lowest BCUT2D eigenvalue weighted by atomic mass is 9.97. The molecule has 268 valence electrons. The van der Waals surface area contributed by atoms with Crippen LogP contribution >= 0.6 is 0 Å². The van der Waals surface area contributed by atoms with Gasteiger partial charge in [-0.15, -0.1) is 0 Å². The van der Waals surface area contributed by atoms with Crippen LogP contribution < -0.4 is 4.90 Å². The summed E-state index contributed by atoms with van der Waals surface area (Å²) in [4.78, 5) is 2.31. The van der Waals surface area contributed by atoms with E-state index in [1.54, 1.807) is 0 Å². The van der Waals surface area contributed by atoms with Gasteiger partial charge in [0.05, 0.1) is 5.69 Å². The molecule has 0 aliphatic carbocycles. The van der Waals surface area contributed by atoms with Crippen LogP contribution in [0.15, 0.2) is 221 Å². The molecule has 0 N–H and O–H groups in total. The summed E-state index contributed by atoms with van der Waals surface area (Å²) >= 11 is 0. The Morgan fingerprint density at radius 2 is 0.737 bits per heavy atom. The van der Waals surface area contributed by atoms with Crippen molar-refractivity contribution in [1.29, 1.82) is 0 Å². The number of benzene rings is 9. The summed E-state index contributed by atoms with van der Waals surface area (Å²) in [6, 6.07) is 75.0. The molecular weight excluding hydrogens is 695 g/mol. The van der Waals surface area contributed by atoms with Crippen molar-refractivity contribution in [2.45, 2.75) is 0 Å². The molecule has 0 unspecified atom stereocenters. The quantitative estimate of drug-likeness (QED) is 0.164. The lowest BCUT2D eigenvalue weighted by Crippen LogP contribution is -2.10. The van der Waals surface area contributed by atoms with Crippen molar-refractivity contribution in [3.05, 3.63) is 212 Å². The van der Waals surface area contributed by atoms with E-state index in [9.17, 15) is 0 Å². The van der Waals surface area contributed by atoms with Crippen molar-refractivity contribution in [3.63, 3.8) is 0 Å². The Kier molecular flexibility index (Phi) is 7.82. The van der Waals surface area contributed by atoms with Crippen molar-refractivity contribution in [2.75, 3.05) is 4.90 Å². The molecular formula is C54H35NO2. The highest BCUT2D eigenvalue weighted by molar-refractivity contribution is 6.14. The third kappa shape index (κ3) is 5.68. The maximum absolute atomic E-state index is 6.92. The highest BCUT2D eigenvalue weighted by Crippen LogP contribution is 2.45. The summed E-state index contributed by atoms with van der Waals surface area (Å²) in [6.07, 6.45) is 0. The summed E-state index contributed by atoms with van der Waals surface area (Å²) < 4.78 is 13.1. The zero-order valence-electron chi connectivity index (χ0n) is 31.0. The number of hydrogen-bond donors (Lipinski definition) is 0. The van der Waals surface area contributed by atoms with Gasteiger partial charge >= 0.3 is 0 Å². The zero-order chi connectivity index (χ0) is 37.7. The Labute approximate surface area is 330 Å². The average Bonchev–Trinajstić information content (AvgIpc) is 3.87. The fourth-order valence-electron chi connectivity index (χ4n) is 8.35. The Morgan fingerprint density at radius 1 is 0.281 bits per heavy atom. The molecule has 2 aromatic heterocycles. The van der Waals surface area contributed by atoms with E-state index in [4.69, 9.17) is 8.83 Å². The highest BCUT2D eigenvalue weighted by Gasteiger charge is 2.21. The molecule has 0 atom stereocenters. The molecule has 0 aliphatic rings. The van der Waals surface area contributed by atoms with Crippen molar-refractivity contribution < 1.29 is 8.83 Å². The van der Waals surface area contributed by atoms with Gasteiger partial charge in [0.1, 0.15) is 16.7 Å². The van der Waals surface area contributed by atoms with E-state index in [1.165, 1.54) is 16.7 Å². The molecule has 0 radical (unpaired) electrons. The van der Waals surface area contributed by atoms with E-state index in [-0.39, 0.29) is 0 Å². The molecule has 0 aliphatic heterocycles. The number of rotatable bonds is 7. The number of anilines is 3. The molecule has 0 fully saturated rings. The lowest BCUT2D eigenvalue weighted by molar-refractivity contribution is 0.669. The lowest BCUT2D eigenvalue weighted by Gasteiger charge is -2.26. The van der Waals surface area contributed by atoms with Crippen LogP contribution in [-0.4, -0.2) is 0 Å². The van der Waals surface area contributed by atoms with Gasteiger partial charge < -0.3 is 13.7 Å². The first-order chi connectivity index (χ1) is 28.3. The van der Waals surface area contributed by atoms with Gasteiger partial charge in [-0.2, -0.15) is 0 Å². The third-order valence-electron chi connectivity index (χ3n) is 11.1. The maximum Gasteiger partial charge on any atom is 0.159 e. The normalized spacial score (nSPS) is 11.5. The third-order valence-corrected chi connectivity index (χ3v) is 11.1. The first-order valence-electron chi connectivity index (χ1n) is 19.3. The van der Waals surface area contributed by atoms with Gasteiger partial charge in [-0.1, -0.05) is 170 Å². The van der Waals surface area contributed by atoms with Gasteiger partial charge in [0, 0.05) is 38.5 Å². The second kappa shape index (κ2) is 13.6. The van der Waals surface area contributed by atoms with Crippen LogP contribution in [0.25, 0.3) is 88.4 Å². The minimum absolute atomic E-state index is 0.850. The summed E-state index contributed by atoms with van der Waals surface area (Å²) in [5, 5.41) is 4.47. The van der Waals surface area contributed by atoms with E-state index in [0.29, 0.717) is 0 Å². The van der Waals surface area contributed by atoms with E-state index >= 15 is 0 Å². The van der Waals surface area contributed by atoms with Crippen molar-refractivity contribution in [1.82, 2.24) is 0 Å². The molecule has 0 saturated heterocycles. The molecule has 2 heterocycles. The van der Waals surface area contributed by atoms with E-state index in [1.807, 2.05) is 24.3 Å². The largest absolute Gasteiger partial charge is 0.456 e. The van der Waals surface area contributed by atoms with Crippen LogP contribution in [0.1, 0.15) is 0 Å². The van der Waals surface area contributed by atoms with Crippen molar-refractivity contribution >= 4 is 60.9 Å². The minimum Gasteiger partial charge on any atom is -0.456 e. The minimum atomic E-state index is 0.850. The number of furan rings is 2. The smallest absolute Gasteiger partial charge is 0.159 e. The molecule has 11 aromatic rings. The number of hydrogen-bond acceptors (Lipinski definition) is 3. The Hall–Kier alpha value is -7.62. The fourth-order valence-corrected chi connectivity index (χ4v) is 8.35. The first kappa shape index (κ1) is 32.8. The van der Waals surface area contributed by atoms with Gasteiger partial charge in [0.15, 0.2) is 5.58 Å². The van der Waals surface area contributed by atoms with E-state index in [2.05, 4.69) is 193 Å². The molecule has 0 amide bonds. The van der Waals surface area contributed by atoms with E-state index < -0.39 is 0 Å². The summed E-state index contributed by atoms with van der Waals surface area (Å²) in [5.41, 5.74) is 15.8. The summed E-state index contributed by atoms with van der Waals surface area (Å²) in [7, 11) is 0. The molecule has 11 rings (SSSR count). The molecule has 0 saturated carbocycles. The van der Waals surface area contributed by atoms with Gasteiger partial charge in [0.25, 0.3) is 0 Å². The second-order valence-electron chi connectivity index (χ2n) is 14.5. The van der Waals surface area contributed by atoms with Gasteiger partial charge in [-0.3, -0.25) is 0 Å². The first-order valence-corrected chi connectivity index (χ1v) is 19.3. The molecule has 0 bridgehead atoms. The SMILES string of the molecule is c1ccc(-c2ccc(N(c3ccc(-c4ccc(-c5cccc6oc7ccccc7c56)cc4)cc3)c3cccc4c3oc3c(-c5ccccc5)cccc34)cc2)cc1. The van der Waals surface area contributed by atoms with Crippen LogP contribution in [0.3, 0.4) is 0 Å². The molecule has 3 heteroatoms. The topological polar surface area (TPSA) is 29.5 Å². The Morgan fingerprint density at radius 3 is 1.42 bits per heavy atom. The second-order valence-corrected chi connectivity index (χ2v) is 14.5. The van der Waals surface area contributed by atoms with Crippen LogP contribution in [-0.2, 0) is 0 Å². The highest BCUT2D eigenvalue weighted by atomic mass is 16.3.